The van der Waals surface area contributed by atoms with Crippen LogP contribution in [0.5, 0.6) is 0 Å². The molecule has 2 heterocycles. The lowest BCUT2D eigenvalue weighted by molar-refractivity contribution is 0.0695. The summed E-state index contributed by atoms with van der Waals surface area (Å²) in [7, 11) is 1.64. The van der Waals surface area contributed by atoms with E-state index >= 15 is 0 Å². The van der Waals surface area contributed by atoms with Crippen LogP contribution in [0.15, 0.2) is 16.8 Å². The second-order valence-corrected chi connectivity index (χ2v) is 4.00. The molecule has 3 N–H and O–H groups in total. The van der Waals surface area contributed by atoms with Gasteiger partial charge in [-0.05, 0) is 13.0 Å². The highest BCUT2D eigenvalue weighted by molar-refractivity contribution is 5.89. The number of carboxylic acids is 1. The number of nitrogens with zero attached hydrogens (tertiary/aromatic N) is 3. The van der Waals surface area contributed by atoms with Gasteiger partial charge in [-0.15, -0.1) is 0 Å². The lowest BCUT2D eigenvalue weighted by Gasteiger charge is -2.04. The van der Waals surface area contributed by atoms with Crippen molar-refractivity contribution in [3.05, 3.63) is 29.5 Å². The largest absolute Gasteiger partial charge is 0.478 e. The fraction of sp³-hybridized carbons (Fsp3) is 0.273. The predicted octanol–water partition coefficient (Wildman–Crippen LogP) is 0.736. The van der Waals surface area contributed by atoms with Gasteiger partial charge in [-0.2, -0.15) is 10.1 Å². The topological polar surface area (TPSA) is 122 Å². The van der Waals surface area contributed by atoms with Crippen molar-refractivity contribution in [1.82, 2.24) is 20.1 Å². The molecule has 0 unspecified atom stereocenters. The summed E-state index contributed by atoms with van der Waals surface area (Å²) in [6, 6.07) is 0.882. The molecule has 0 fully saturated rings. The van der Waals surface area contributed by atoms with E-state index in [2.05, 4.69) is 20.7 Å². The number of hydrogen-bond acceptors (Lipinski definition) is 5. The van der Waals surface area contributed by atoms with Crippen molar-refractivity contribution in [1.29, 1.82) is 0 Å². The molecule has 9 nitrogen and oxygen atoms in total. The zero-order chi connectivity index (χ0) is 14.7. The van der Waals surface area contributed by atoms with Gasteiger partial charge in [0.15, 0.2) is 0 Å². The van der Waals surface area contributed by atoms with E-state index in [0.29, 0.717) is 17.5 Å². The number of urea groups is 1. The van der Waals surface area contributed by atoms with E-state index < -0.39 is 12.0 Å². The van der Waals surface area contributed by atoms with E-state index in [0.717, 1.165) is 0 Å². The van der Waals surface area contributed by atoms with Crippen LogP contribution < -0.4 is 10.6 Å². The number of aromatic nitrogens is 3. The average molecular weight is 279 g/mol. The molecule has 0 atom stereocenters. The van der Waals surface area contributed by atoms with Gasteiger partial charge < -0.3 is 14.8 Å². The molecule has 0 aromatic carbocycles. The van der Waals surface area contributed by atoms with Crippen molar-refractivity contribution in [2.24, 2.45) is 7.05 Å². The second-order valence-electron chi connectivity index (χ2n) is 4.00. The zero-order valence-corrected chi connectivity index (χ0v) is 10.9. The first-order valence-corrected chi connectivity index (χ1v) is 5.69. The highest BCUT2D eigenvalue weighted by Crippen LogP contribution is 2.14. The van der Waals surface area contributed by atoms with Gasteiger partial charge in [0.25, 0.3) is 0 Å². The third kappa shape index (κ3) is 2.94. The smallest absolute Gasteiger partial charge is 0.339 e. The number of anilines is 1. The molecule has 106 valence electrons. The van der Waals surface area contributed by atoms with Gasteiger partial charge >= 0.3 is 12.0 Å². The minimum Gasteiger partial charge on any atom is -0.478 e. The van der Waals surface area contributed by atoms with Crippen LogP contribution in [0.25, 0.3) is 0 Å². The summed E-state index contributed by atoms with van der Waals surface area (Å²) < 4.78 is 6.63. The Morgan fingerprint density at radius 2 is 2.25 bits per heavy atom. The summed E-state index contributed by atoms with van der Waals surface area (Å²) >= 11 is 0. The molecule has 2 rings (SSSR count). The number of rotatable bonds is 4. The molecule has 0 saturated heterocycles. The third-order valence-electron chi connectivity index (χ3n) is 2.56. The molecule has 0 saturated carbocycles. The minimum atomic E-state index is -1.07. The number of furan rings is 1. The maximum absolute atomic E-state index is 11.6. The van der Waals surface area contributed by atoms with Gasteiger partial charge in [0.1, 0.15) is 23.4 Å². The summed E-state index contributed by atoms with van der Waals surface area (Å²) in [5.41, 5.74) is 0.0792. The monoisotopic (exact) mass is 279 g/mol. The highest BCUT2D eigenvalue weighted by atomic mass is 16.4. The number of amides is 2. The molecule has 9 heteroatoms. The first-order valence-electron chi connectivity index (χ1n) is 5.69. The Labute approximate surface area is 113 Å². The molecule has 2 amide bonds. The SMILES string of the molecule is Cc1oc(CNC(=O)Nc2ncnn2C)cc1C(=O)O. The van der Waals surface area contributed by atoms with E-state index in [1.54, 1.807) is 14.0 Å². The van der Waals surface area contributed by atoms with Crippen molar-refractivity contribution in [2.75, 3.05) is 5.32 Å². The van der Waals surface area contributed by atoms with Gasteiger partial charge in [0.05, 0.1) is 6.54 Å². The summed E-state index contributed by atoms with van der Waals surface area (Å²) in [4.78, 5) is 26.3. The van der Waals surface area contributed by atoms with Gasteiger partial charge in [-0.1, -0.05) is 0 Å². The van der Waals surface area contributed by atoms with Crippen LogP contribution in [-0.2, 0) is 13.6 Å². The van der Waals surface area contributed by atoms with Crippen molar-refractivity contribution in [2.45, 2.75) is 13.5 Å². The first kappa shape index (κ1) is 13.6. The number of hydrogen-bond donors (Lipinski definition) is 3. The molecule has 0 radical (unpaired) electrons. The zero-order valence-electron chi connectivity index (χ0n) is 10.9. The maximum atomic E-state index is 11.6. The Kier molecular flexibility index (Phi) is 3.69. The molecule has 2 aromatic rings. The van der Waals surface area contributed by atoms with E-state index in [1.165, 1.54) is 17.1 Å². The van der Waals surface area contributed by atoms with Gasteiger partial charge in [-0.3, -0.25) is 5.32 Å². The molecule has 0 aliphatic rings. The minimum absolute atomic E-state index is 0.0673. The van der Waals surface area contributed by atoms with Crippen LogP contribution in [0.1, 0.15) is 21.9 Å². The number of carbonyl (C=O) groups is 2. The fourth-order valence-electron chi connectivity index (χ4n) is 1.57. The molecule has 0 aliphatic carbocycles. The molecule has 0 bridgehead atoms. The quantitative estimate of drug-likeness (QED) is 0.758. The molecular formula is C11H13N5O4. The highest BCUT2D eigenvalue weighted by Gasteiger charge is 2.14. The number of carbonyl (C=O) groups excluding carboxylic acids is 1. The van der Waals surface area contributed by atoms with Gasteiger partial charge in [-0.25, -0.2) is 14.3 Å². The normalized spacial score (nSPS) is 10.3. The third-order valence-corrected chi connectivity index (χ3v) is 2.56. The number of nitrogens with one attached hydrogen (secondary N) is 2. The van der Waals surface area contributed by atoms with Crippen molar-refractivity contribution in [3.8, 4) is 0 Å². The van der Waals surface area contributed by atoms with Crippen molar-refractivity contribution < 1.29 is 19.1 Å². The van der Waals surface area contributed by atoms with Crippen molar-refractivity contribution >= 4 is 17.9 Å². The van der Waals surface area contributed by atoms with Crippen LogP contribution in [0, 0.1) is 6.92 Å². The second kappa shape index (κ2) is 5.43. The Morgan fingerprint density at radius 3 is 2.80 bits per heavy atom. The molecule has 2 aromatic heterocycles. The lowest BCUT2D eigenvalue weighted by atomic mass is 10.2. The summed E-state index contributed by atoms with van der Waals surface area (Å²) in [6.07, 6.45) is 1.31. The summed E-state index contributed by atoms with van der Waals surface area (Å²) in [5, 5.41) is 17.7. The Morgan fingerprint density at radius 1 is 1.50 bits per heavy atom. The predicted molar refractivity (Wildman–Crippen MR) is 67.3 cm³/mol. The van der Waals surface area contributed by atoms with E-state index in [1.807, 2.05) is 0 Å². The fourth-order valence-corrected chi connectivity index (χ4v) is 1.57. The Bertz CT molecular complexity index is 645. The average Bonchev–Trinajstić information content (AvgIpc) is 2.94. The molecule has 0 aliphatic heterocycles. The molecular weight excluding hydrogens is 266 g/mol. The van der Waals surface area contributed by atoms with E-state index in [9.17, 15) is 9.59 Å². The standard InChI is InChI=1S/C11H13N5O4/c1-6-8(9(17)18)3-7(20-6)4-12-11(19)15-10-13-5-14-16(10)2/h3,5H,4H2,1-2H3,(H,17,18)(H2,12,13,14,15,19). The van der Waals surface area contributed by atoms with Gasteiger partial charge in [0, 0.05) is 7.05 Å². The number of aryl methyl sites for hydroxylation is 2. The molecule has 20 heavy (non-hydrogen) atoms. The van der Waals surface area contributed by atoms with Crippen LogP contribution in [-0.4, -0.2) is 31.9 Å². The van der Waals surface area contributed by atoms with Crippen LogP contribution in [0.3, 0.4) is 0 Å². The van der Waals surface area contributed by atoms with Crippen LogP contribution in [0.4, 0.5) is 10.7 Å². The number of aromatic carboxylic acids is 1. The van der Waals surface area contributed by atoms with E-state index in [4.69, 9.17) is 9.52 Å². The van der Waals surface area contributed by atoms with Crippen LogP contribution >= 0.6 is 0 Å². The summed E-state index contributed by atoms with van der Waals surface area (Å²) in [5.74, 6) is -0.124. The molecule has 0 spiro atoms. The maximum Gasteiger partial charge on any atom is 0.339 e. The van der Waals surface area contributed by atoms with E-state index in [-0.39, 0.29) is 12.1 Å². The Hall–Kier alpha value is -2.84. The number of carboxylic acid groups (broad SMARTS) is 1. The lowest BCUT2D eigenvalue weighted by Crippen LogP contribution is -2.29. The Balaban J connectivity index is 1.92. The van der Waals surface area contributed by atoms with Crippen LogP contribution in [0.2, 0.25) is 0 Å². The van der Waals surface area contributed by atoms with Gasteiger partial charge in [0.2, 0.25) is 5.95 Å². The van der Waals surface area contributed by atoms with Crippen molar-refractivity contribution in [3.63, 3.8) is 0 Å². The first-order chi connectivity index (χ1) is 9.47. The summed E-state index contributed by atoms with van der Waals surface area (Å²) in [6.45, 7) is 1.62.